The Bertz CT molecular complexity index is 482. The van der Waals surface area contributed by atoms with Crippen molar-refractivity contribution < 1.29 is 14.3 Å². The van der Waals surface area contributed by atoms with E-state index >= 15 is 0 Å². The highest BCUT2D eigenvalue weighted by Gasteiger charge is 2.54. The molecule has 1 spiro atoms. The minimum Gasteiger partial charge on any atom is -0.382 e. The fourth-order valence-electron chi connectivity index (χ4n) is 3.42. The maximum atomic E-state index is 12.4. The van der Waals surface area contributed by atoms with Crippen molar-refractivity contribution in [2.75, 3.05) is 32.9 Å². The van der Waals surface area contributed by atoms with E-state index in [1.54, 1.807) is 0 Å². The standard InChI is InChI=1S/C17H23NO3/c1-2-20-10-8-15-9-11-21-17(15)12-18(13-17)16(19)14-6-4-3-5-7-14/h3-7,15H,2,8-13H2,1H3/t15-/m1/s1. The highest BCUT2D eigenvalue weighted by Crippen LogP contribution is 2.42. The van der Waals surface area contributed by atoms with Crippen LogP contribution in [0.5, 0.6) is 0 Å². The van der Waals surface area contributed by atoms with Crippen molar-refractivity contribution in [2.24, 2.45) is 5.92 Å². The molecule has 0 radical (unpaired) electrons. The molecule has 1 atom stereocenters. The van der Waals surface area contributed by atoms with Crippen molar-refractivity contribution in [3.05, 3.63) is 35.9 Å². The van der Waals surface area contributed by atoms with Crippen LogP contribution in [0.15, 0.2) is 30.3 Å². The van der Waals surface area contributed by atoms with Gasteiger partial charge in [0.1, 0.15) is 5.60 Å². The summed E-state index contributed by atoms with van der Waals surface area (Å²) in [4.78, 5) is 14.3. The number of likely N-dealkylation sites (tertiary alicyclic amines) is 1. The first-order chi connectivity index (χ1) is 10.2. The molecule has 2 aliphatic heterocycles. The monoisotopic (exact) mass is 289 g/mol. The van der Waals surface area contributed by atoms with Crippen LogP contribution in [0.4, 0.5) is 0 Å². The van der Waals surface area contributed by atoms with E-state index in [9.17, 15) is 4.79 Å². The zero-order valence-electron chi connectivity index (χ0n) is 12.6. The Labute approximate surface area is 126 Å². The van der Waals surface area contributed by atoms with E-state index < -0.39 is 0 Å². The molecule has 2 aliphatic rings. The fraction of sp³-hybridized carbons (Fsp3) is 0.588. The van der Waals surface area contributed by atoms with Gasteiger partial charge in [0.15, 0.2) is 0 Å². The topological polar surface area (TPSA) is 38.8 Å². The number of rotatable bonds is 5. The van der Waals surface area contributed by atoms with E-state index in [2.05, 4.69) is 0 Å². The molecule has 4 heteroatoms. The van der Waals surface area contributed by atoms with Crippen LogP contribution < -0.4 is 0 Å². The molecule has 0 N–H and O–H groups in total. The third kappa shape index (κ3) is 2.83. The molecule has 0 unspecified atom stereocenters. The van der Waals surface area contributed by atoms with Crippen molar-refractivity contribution in [1.29, 1.82) is 0 Å². The number of hydrogen-bond acceptors (Lipinski definition) is 3. The molecule has 2 saturated heterocycles. The van der Waals surface area contributed by atoms with Gasteiger partial charge in [-0.2, -0.15) is 0 Å². The molecule has 114 valence electrons. The number of nitrogens with zero attached hydrogens (tertiary/aromatic N) is 1. The average Bonchev–Trinajstić information content (AvgIpc) is 2.90. The minimum atomic E-state index is -0.110. The third-order valence-corrected chi connectivity index (χ3v) is 4.64. The number of hydrogen-bond donors (Lipinski definition) is 0. The van der Waals surface area contributed by atoms with E-state index in [-0.39, 0.29) is 11.5 Å². The molecule has 0 aromatic heterocycles. The van der Waals surface area contributed by atoms with Gasteiger partial charge in [-0.25, -0.2) is 0 Å². The average molecular weight is 289 g/mol. The van der Waals surface area contributed by atoms with Gasteiger partial charge < -0.3 is 14.4 Å². The van der Waals surface area contributed by atoms with E-state index in [4.69, 9.17) is 9.47 Å². The molecule has 1 aromatic carbocycles. The molecule has 1 amide bonds. The summed E-state index contributed by atoms with van der Waals surface area (Å²) in [6.45, 7) is 5.82. The van der Waals surface area contributed by atoms with E-state index in [1.165, 1.54) is 0 Å². The second kappa shape index (κ2) is 6.16. The normalized spacial score (nSPS) is 23.3. The zero-order chi connectivity index (χ0) is 14.7. The number of benzene rings is 1. The number of carbonyl (C=O) groups is 1. The first kappa shape index (κ1) is 14.5. The fourth-order valence-corrected chi connectivity index (χ4v) is 3.42. The smallest absolute Gasteiger partial charge is 0.254 e. The van der Waals surface area contributed by atoms with E-state index in [0.717, 1.165) is 51.3 Å². The summed E-state index contributed by atoms with van der Waals surface area (Å²) in [6.07, 6.45) is 2.11. The summed E-state index contributed by atoms with van der Waals surface area (Å²) in [6, 6.07) is 9.47. The second-order valence-electron chi connectivity index (χ2n) is 5.91. The van der Waals surface area contributed by atoms with Crippen molar-refractivity contribution >= 4 is 5.91 Å². The number of ether oxygens (including phenoxy) is 2. The van der Waals surface area contributed by atoms with Gasteiger partial charge in [0, 0.05) is 25.4 Å². The van der Waals surface area contributed by atoms with Crippen LogP contribution >= 0.6 is 0 Å². The van der Waals surface area contributed by atoms with Gasteiger partial charge in [-0.1, -0.05) is 18.2 Å². The van der Waals surface area contributed by atoms with Crippen molar-refractivity contribution in [3.8, 4) is 0 Å². The highest BCUT2D eigenvalue weighted by atomic mass is 16.5. The summed E-state index contributed by atoms with van der Waals surface area (Å²) in [5, 5.41) is 0. The third-order valence-electron chi connectivity index (χ3n) is 4.64. The lowest BCUT2D eigenvalue weighted by Crippen LogP contribution is -2.66. The number of carbonyl (C=O) groups excluding carboxylic acids is 1. The van der Waals surface area contributed by atoms with Crippen molar-refractivity contribution in [3.63, 3.8) is 0 Å². The molecule has 0 aliphatic carbocycles. The van der Waals surface area contributed by atoms with Gasteiger partial charge in [-0.05, 0) is 37.8 Å². The van der Waals surface area contributed by atoms with Gasteiger partial charge in [0.2, 0.25) is 0 Å². The number of amides is 1. The summed E-state index contributed by atoms with van der Waals surface area (Å²) < 4.78 is 11.5. The Morgan fingerprint density at radius 2 is 2.14 bits per heavy atom. The zero-order valence-corrected chi connectivity index (χ0v) is 12.6. The van der Waals surface area contributed by atoms with Crippen LogP contribution in [0, 0.1) is 5.92 Å². The predicted molar refractivity (Wildman–Crippen MR) is 80.2 cm³/mol. The Morgan fingerprint density at radius 1 is 1.38 bits per heavy atom. The van der Waals surface area contributed by atoms with Gasteiger partial charge in [-0.15, -0.1) is 0 Å². The summed E-state index contributed by atoms with van der Waals surface area (Å²) in [7, 11) is 0. The second-order valence-corrected chi connectivity index (χ2v) is 5.91. The van der Waals surface area contributed by atoms with Gasteiger partial charge in [-0.3, -0.25) is 4.79 Å². The first-order valence-corrected chi connectivity index (χ1v) is 7.81. The van der Waals surface area contributed by atoms with Crippen molar-refractivity contribution in [2.45, 2.75) is 25.4 Å². The van der Waals surface area contributed by atoms with Gasteiger partial charge >= 0.3 is 0 Å². The summed E-state index contributed by atoms with van der Waals surface area (Å²) in [5.74, 6) is 0.629. The highest BCUT2D eigenvalue weighted by molar-refractivity contribution is 5.94. The van der Waals surface area contributed by atoms with Crippen LogP contribution in [0.2, 0.25) is 0 Å². The van der Waals surface area contributed by atoms with Crippen molar-refractivity contribution in [1.82, 2.24) is 4.90 Å². The quantitative estimate of drug-likeness (QED) is 0.781. The molecule has 0 bridgehead atoms. The largest absolute Gasteiger partial charge is 0.382 e. The Morgan fingerprint density at radius 3 is 2.86 bits per heavy atom. The maximum absolute atomic E-state index is 12.4. The van der Waals surface area contributed by atoms with Gasteiger partial charge in [0.05, 0.1) is 13.1 Å². The Balaban J connectivity index is 1.57. The molecule has 1 aromatic rings. The lowest BCUT2D eigenvalue weighted by molar-refractivity contribution is -0.120. The maximum Gasteiger partial charge on any atom is 0.254 e. The Kier molecular flexibility index (Phi) is 4.27. The van der Waals surface area contributed by atoms with E-state index in [1.807, 2.05) is 42.2 Å². The van der Waals surface area contributed by atoms with Crippen LogP contribution in [0.3, 0.4) is 0 Å². The molecular weight excluding hydrogens is 266 g/mol. The summed E-state index contributed by atoms with van der Waals surface area (Å²) in [5.41, 5.74) is 0.651. The predicted octanol–water partition coefficient (Wildman–Crippen LogP) is 2.34. The molecule has 21 heavy (non-hydrogen) atoms. The van der Waals surface area contributed by atoms with Crippen LogP contribution in [-0.4, -0.2) is 49.3 Å². The molecule has 3 rings (SSSR count). The van der Waals surface area contributed by atoms with Crippen LogP contribution in [-0.2, 0) is 9.47 Å². The lowest BCUT2D eigenvalue weighted by atomic mass is 9.79. The molecule has 0 saturated carbocycles. The minimum absolute atomic E-state index is 0.110. The molecule has 2 heterocycles. The van der Waals surface area contributed by atoms with Crippen LogP contribution in [0.25, 0.3) is 0 Å². The lowest BCUT2D eigenvalue weighted by Gasteiger charge is -2.50. The molecular formula is C17H23NO3. The SMILES string of the molecule is CCOCC[C@@H]1CCOC12CN(C(=O)c1ccccc1)C2. The van der Waals surface area contributed by atoms with Crippen LogP contribution in [0.1, 0.15) is 30.1 Å². The first-order valence-electron chi connectivity index (χ1n) is 7.81. The molecule has 2 fully saturated rings. The molecule has 4 nitrogen and oxygen atoms in total. The summed E-state index contributed by atoms with van der Waals surface area (Å²) >= 11 is 0. The Hall–Kier alpha value is -1.39. The van der Waals surface area contributed by atoms with E-state index in [0.29, 0.717) is 5.92 Å². The van der Waals surface area contributed by atoms with Gasteiger partial charge in [0.25, 0.3) is 5.91 Å².